The Kier molecular flexibility index (Phi) is 8.11. The molecule has 0 heterocycles. The quantitative estimate of drug-likeness (QED) is 0.373. The second-order valence-corrected chi connectivity index (χ2v) is 4.24. The standard InChI is InChI=1S/C13H22O4/c1-5-6-9-16-12(14)7-8-13(15)17-11(4)10(2)3/h5,10-11H,1,6-9H2,2-4H3. The van der Waals surface area contributed by atoms with Gasteiger partial charge in [-0.1, -0.05) is 19.9 Å². The largest absolute Gasteiger partial charge is 0.465 e. The summed E-state index contributed by atoms with van der Waals surface area (Å²) in [5.41, 5.74) is 0. The summed E-state index contributed by atoms with van der Waals surface area (Å²) < 4.78 is 9.99. The third-order valence-electron chi connectivity index (χ3n) is 2.37. The molecule has 4 nitrogen and oxygen atoms in total. The minimum Gasteiger partial charge on any atom is -0.465 e. The van der Waals surface area contributed by atoms with E-state index >= 15 is 0 Å². The van der Waals surface area contributed by atoms with Crippen molar-refractivity contribution in [2.75, 3.05) is 6.61 Å². The fourth-order valence-electron chi connectivity index (χ4n) is 0.935. The number of hydrogen-bond acceptors (Lipinski definition) is 4. The van der Waals surface area contributed by atoms with Gasteiger partial charge < -0.3 is 9.47 Å². The lowest BCUT2D eigenvalue weighted by Crippen LogP contribution is -2.20. The average molecular weight is 242 g/mol. The van der Waals surface area contributed by atoms with E-state index in [9.17, 15) is 9.59 Å². The molecular weight excluding hydrogens is 220 g/mol. The van der Waals surface area contributed by atoms with E-state index in [0.717, 1.165) is 0 Å². The first kappa shape index (κ1) is 15.7. The number of rotatable bonds is 8. The van der Waals surface area contributed by atoms with Gasteiger partial charge in [0.25, 0.3) is 0 Å². The van der Waals surface area contributed by atoms with Crippen LogP contribution in [0.25, 0.3) is 0 Å². The number of carbonyl (C=O) groups excluding carboxylic acids is 2. The summed E-state index contributed by atoms with van der Waals surface area (Å²) in [6.45, 7) is 9.62. The lowest BCUT2D eigenvalue weighted by atomic mass is 10.1. The van der Waals surface area contributed by atoms with E-state index in [-0.39, 0.29) is 36.8 Å². The van der Waals surface area contributed by atoms with E-state index < -0.39 is 0 Å². The minimum atomic E-state index is -0.374. The molecule has 0 aliphatic heterocycles. The molecule has 17 heavy (non-hydrogen) atoms. The molecule has 0 fully saturated rings. The predicted octanol–water partition coefficient (Wildman–Crippen LogP) is 2.47. The summed E-state index contributed by atoms with van der Waals surface area (Å²) in [7, 11) is 0. The maximum atomic E-state index is 11.3. The Morgan fingerprint density at radius 3 is 2.29 bits per heavy atom. The molecule has 0 N–H and O–H groups in total. The first-order valence-electron chi connectivity index (χ1n) is 5.93. The third-order valence-corrected chi connectivity index (χ3v) is 2.37. The molecule has 0 amide bonds. The van der Waals surface area contributed by atoms with E-state index in [2.05, 4.69) is 6.58 Å². The van der Waals surface area contributed by atoms with Gasteiger partial charge in [0, 0.05) is 0 Å². The molecular formula is C13H22O4. The summed E-state index contributed by atoms with van der Waals surface area (Å²) in [6.07, 6.45) is 2.32. The Labute approximate surface area is 103 Å². The van der Waals surface area contributed by atoms with Crippen LogP contribution in [0.15, 0.2) is 12.7 Å². The van der Waals surface area contributed by atoms with Gasteiger partial charge in [0.2, 0.25) is 0 Å². The van der Waals surface area contributed by atoms with Crippen LogP contribution in [-0.2, 0) is 19.1 Å². The zero-order valence-electron chi connectivity index (χ0n) is 10.9. The zero-order valence-corrected chi connectivity index (χ0v) is 10.9. The number of esters is 2. The normalized spacial score (nSPS) is 12.0. The molecule has 0 saturated carbocycles. The first-order valence-corrected chi connectivity index (χ1v) is 5.93. The van der Waals surface area contributed by atoms with Crippen molar-refractivity contribution in [2.24, 2.45) is 5.92 Å². The minimum absolute atomic E-state index is 0.0702. The Morgan fingerprint density at radius 2 is 1.76 bits per heavy atom. The van der Waals surface area contributed by atoms with Crippen molar-refractivity contribution >= 4 is 11.9 Å². The van der Waals surface area contributed by atoms with E-state index in [4.69, 9.17) is 9.47 Å². The lowest BCUT2D eigenvalue weighted by molar-refractivity contribution is -0.154. The molecule has 0 aromatic heterocycles. The fourth-order valence-corrected chi connectivity index (χ4v) is 0.935. The van der Waals surface area contributed by atoms with Crippen molar-refractivity contribution in [3.05, 3.63) is 12.7 Å². The van der Waals surface area contributed by atoms with Crippen LogP contribution in [0.4, 0.5) is 0 Å². The number of carbonyl (C=O) groups is 2. The van der Waals surface area contributed by atoms with E-state index in [0.29, 0.717) is 13.0 Å². The summed E-state index contributed by atoms with van der Waals surface area (Å²) in [6, 6.07) is 0. The van der Waals surface area contributed by atoms with Crippen molar-refractivity contribution in [2.45, 2.75) is 46.1 Å². The van der Waals surface area contributed by atoms with Crippen molar-refractivity contribution in [1.29, 1.82) is 0 Å². The predicted molar refractivity (Wildman–Crippen MR) is 65.4 cm³/mol. The van der Waals surface area contributed by atoms with Gasteiger partial charge in [0.15, 0.2) is 0 Å². The van der Waals surface area contributed by atoms with Crippen LogP contribution < -0.4 is 0 Å². The second kappa shape index (κ2) is 8.79. The fraction of sp³-hybridized carbons (Fsp3) is 0.692. The second-order valence-electron chi connectivity index (χ2n) is 4.24. The summed E-state index contributed by atoms with van der Waals surface area (Å²) in [5.74, 6) is -0.452. The van der Waals surface area contributed by atoms with Gasteiger partial charge in [-0.3, -0.25) is 9.59 Å². The summed E-state index contributed by atoms with van der Waals surface area (Å²) >= 11 is 0. The van der Waals surface area contributed by atoms with Crippen molar-refractivity contribution in [1.82, 2.24) is 0 Å². The molecule has 98 valence electrons. The molecule has 0 aromatic rings. The molecule has 0 bridgehead atoms. The molecule has 1 unspecified atom stereocenters. The van der Waals surface area contributed by atoms with Crippen molar-refractivity contribution < 1.29 is 19.1 Å². The van der Waals surface area contributed by atoms with Crippen LogP contribution in [0.1, 0.15) is 40.0 Å². The van der Waals surface area contributed by atoms with Crippen LogP contribution >= 0.6 is 0 Å². The topological polar surface area (TPSA) is 52.6 Å². The molecule has 1 atom stereocenters. The Bertz CT molecular complexity index is 258. The highest BCUT2D eigenvalue weighted by Gasteiger charge is 2.14. The highest BCUT2D eigenvalue weighted by atomic mass is 16.5. The van der Waals surface area contributed by atoms with Crippen LogP contribution in [0.3, 0.4) is 0 Å². The van der Waals surface area contributed by atoms with Crippen LogP contribution in [0.5, 0.6) is 0 Å². The van der Waals surface area contributed by atoms with Gasteiger partial charge in [-0.05, 0) is 19.3 Å². The average Bonchev–Trinajstić information content (AvgIpc) is 2.26. The summed E-state index contributed by atoms with van der Waals surface area (Å²) in [4.78, 5) is 22.5. The molecule has 0 radical (unpaired) electrons. The Balaban J connectivity index is 3.69. The zero-order chi connectivity index (χ0) is 13.3. The van der Waals surface area contributed by atoms with Gasteiger partial charge in [-0.25, -0.2) is 0 Å². The Hall–Kier alpha value is -1.32. The van der Waals surface area contributed by atoms with Crippen molar-refractivity contribution in [3.8, 4) is 0 Å². The number of ether oxygens (including phenoxy) is 2. The van der Waals surface area contributed by atoms with E-state index in [1.807, 2.05) is 20.8 Å². The molecule has 0 spiro atoms. The van der Waals surface area contributed by atoms with Gasteiger partial charge >= 0.3 is 11.9 Å². The molecule has 0 aliphatic rings. The van der Waals surface area contributed by atoms with E-state index in [1.165, 1.54) is 0 Å². The number of hydrogen-bond donors (Lipinski definition) is 0. The van der Waals surface area contributed by atoms with Gasteiger partial charge in [-0.2, -0.15) is 0 Å². The monoisotopic (exact) mass is 242 g/mol. The molecule has 0 saturated heterocycles. The van der Waals surface area contributed by atoms with Crippen LogP contribution in [-0.4, -0.2) is 24.6 Å². The highest BCUT2D eigenvalue weighted by molar-refractivity contribution is 5.77. The van der Waals surface area contributed by atoms with Crippen LogP contribution in [0, 0.1) is 5.92 Å². The lowest BCUT2D eigenvalue weighted by Gasteiger charge is -2.16. The van der Waals surface area contributed by atoms with Crippen molar-refractivity contribution in [3.63, 3.8) is 0 Å². The molecule has 4 heteroatoms. The molecule has 0 aliphatic carbocycles. The van der Waals surface area contributed by atoms with Gasteiger partial charge in [0.05, 0.1) is 19.4 Å². The van der Waals surface area contributed by atoms with Gasteiger partial charge in [-0.15, -0.1) is 6.58 Å². The Morgan fingerprint density at radius 1 is 1.18 bits per heavy atom. The maximum absolute atomic E-state index is 11.3. The smallest absolute Gasteiger partial charge is 0.306 e. The van der Waals surface area contributed by atoms with E-state index in [1.54, 1.807) is 6.08 Å². The maximum Gasteiger partial charge on any atom is 0.306 e. The summed E-state index contributed by atoms with van der Waals surface area (Å²) in [5, 5.41) is 0. The first-order chi connectivity index (χ1) is 7.97. The SMILES string of the molecule is C=CCCOC(=O)CCC(=O)OC(C)C(C)C. The molecule has 0 rings (SSSR count). The highest BCUT2D eigenvalue weighted by Crippen LogP contribution is 2.07. The molecule has 0 aromatic carbocycles. The van der Waals surface area contributed by atoms with Crippen LogP contribution in [0.2, 0.25) is 0 Å². The third kappa shape index (κ3) is 8.48. The van der Waals surface area contributed by atoms with Gasteiger partial charge in [0.1, 0.15) is 6.10 Å².